The van der Waals surface area contributed by atoms with Crippen molar-refractivity contribution in [1.82, 2.24) is 10.7 Å². The summed E-state index contributed by atoms with van der Waals surface area (Å²) >= 11 is 1.47. The van der Waals surface area contributed by atoms with Gasteiger partial charge in [-0.05, 0) is 18.2 Å². The van der Waals surface area contributed by atoms with E-state index in [4.69, 9.17) is 5.84 Å². The van der Waals surface area contributed by atoms with Gasteiger partial charge in [-0.15, -0.1) is 11.8 Å². The van der Waals surface area contributed by atoms with Gasteiger partial charge in [0.05, 0.1) is 5.56 Å². The van der Waals surface area contributed by atoms with Crippen LogP contribution in [0, 0.1) is 0 Å². The van der Waals surface area contributed by atoms with E-state index in [0.717, 1.165) is 12.1 Å². The van der Waals surface area contributed by atoms with E-state index in [9.17, 15) is 18.0 Å². The molecule has 0 aliphatic carbocycles. The maximum absolute atomic E-state index is 12.6. The molecule has 1 fully saturated rings. The first kappa shape index (κ1) is 16.1. The average Bonchev–Trinajstić information content (AvgIpc) is 2.85. The van der Waals surface area contributed by atoms with Crippen molar-refractivity contribution in [2.24, 2.45) is 5.84 Å². The van der Waals surface area contributed by atoms with Gasteiger partial charge in [-0.25, -0.2) is 5.43 Å². The average molecular weight is 320 g/mol. The van der Waals surface area contributed by atoms with E-state index >= 15 is 0 Å². The number of halogens is 3. The van der Waals surface area contributed by atoms with E-state index in [1.165, 1.54) is 23.9 Å². The highest BCUT2D eigenvalue weighted by Crippen LogP contribution is 2.31. The lowest BCUT2D eigenvalue weighted by molar-refractivity contribution is -0.137. The summed E-state index contributed by atoms with van der Waals surface area (Å²) < 4.78 is 37.7. The summed E-state index contributed by atoms with van der Waals surface area (Å²) in [5, 5.41) is 5.56. The van der Waals surface area contributed by atoms with Gasteiger partial charge in [-0.3, -0.25) is 16.0 Å². The lowest BCUT2D eigenvalue weighted by Crippen LogP contribution is -2.39. The fourth-order valence-electron chi connectivity index (χ4n) is 1.94. The molecule has 1 aromatic rings. The zero-order valence-corrected chi connectivity index (χ0v) is 11.7. The van der Waals surface area contributed by atoms with Crippen molar-refractivity contribution in [3.05, 3.63) is 29.8 Å². The number of thioether (sulfide) groups is 1. The normalized spacial score (nSPS) is 22.3. The van der Waals surface area contributed by atoms with E-state index in [0.29, 0.717) is 6.54 Å². The van der Waals surface area contributed by atoms with Crippen LogP contribution in [0.5, 0.6) is 0 Å². The van der Waals surface area contributed by atoms with Gasteiger partial charge < -0.3 is 5.32 Å². The number of alkyl halides is 3. The minimum atomic E-state index is -4.42. The highest BCUT2D eigenvalue weighted by molar-refractivity contribution is 8.00. The second-order valence-corrected chi connectivity index (χ2v) is 5.95. The summed E-state index contributed by atoms with van der Waals surface area (Å²) in [6.45, 7) is 0.607. The Labute approximate surface area is 123 Å². The van der Waals surface area contributed by atoms with Crippen LogP contribution in [0.4, 0.5) is 18.9 Å². The number of nitrogens with one attached hydrogen (secondary N) is 3. The van der Waals surface area contributed by atoms with Crippen molar-refractivity contribution in [3.8, 4) is 0 Å². The van der Waals surface area contributed by atoms with Crippen LogP contribution in [0.15, 0.2) is 24.3 Å². The molecule has 5 nitrogen and oxygen atoms in total. The van der Waals surface area contributed by atoms with Crippen molar-refractivity contribution in [2.75, 3.05) is 11.9 Å². The second kappa shape index (κ2) is 6.65. The molecule has 2 unspecified atom stereocenters. The Morgan fingerprint density at radius 1 is 1.48 bits per heavy atom. The van der Waals surface area contributed by atoms with Crippen LogP contribution < -0.4 is 21.9 Å². The number of amides is 1. The zero-order valence-electron chi connectivity index (χ0n) is 10.9. The third-order valence-electron chi connectivity index (χ3n) is 2.90. The molecule has 0 aromatic heterocycles. The Morgan fingerprint density at radius 3 is 2.86 bits per heavy atom. The summed E-state index contributed by atoms with van der Waals surface area (Å²) in [6.07, 6.45) is -4.22. The molecule has 1 heterocycles. The third-order valence-corrected chi connectivity index (χ3v) is 4.19. The number of hydrogen-bond donors (Lipinski definition) is 4. The molecule has 116 valence electrons. The Hall–Kier alpha value is -1.29. The Morgan fingerprint density at radius 2 is 2.24 bits per heavy atom. The highest BCUT2D eigenvalue weighted by atomic mass is 32.2. The molecule has 0 spiro atoms. The highest BCUT2D eigenvalue weighted by Gasteiger charge is 2.30. The quantitative estimate of drug-likeness (QED) is 0.499. The fourth-order valence-corrected chi connectivity index (χ4v) is 3.03. The van der Waals surface area contributed by atoms with E-state index in [2.05, 4.69) is 16.1 Å². The monoisotopic (exact) mass is 320 g/mol. The van der Waals surface area contributed by atoms with Crippen LogP contribution in [0.1, 0.15) is 12.0 Å². The van der Waals surface area contributed by atoms with Crippen LogP contribution in [0.3, 0.4) is 0 Å². The SMILES string of the molecule is NNC1NCC(CC(=O)Nc2cccc(C(F)(F)F)c2)S1. The molecular formula is C12H15F3N4OS. The largest absolute Gasteiger partial charge is 0.416 e. The number of anilines is 1. The van der Waals surface area contributed by atoms with Gasteiger partial charge in [0.25, 0.3) is 0 Å². The minimum absolute atomic E-state index is 0.0249. The summed E-state index contributed by atoms with van der Waals surface area (Å²) in [7, 11) is 0. The van der Waals surface area contributed by atoms with Gasteiger partial charge in [0.15, 0.2) is 0 Å². The maximum Gasteiger partial charge on any atom is 0.416 e. The first-order valence-electron chi connectivity index (χ1n) is 6.20. The first-order valence-corrected chi connectivity index (χ1v) is 7.15. The third kappa shape index (κ3) is 4.60. The van der Waals surface area contributed by atoms with E-state index in [1.807, 2.05) is 0 Å². The van der Waals surface area contributed by atoms with E-state index in [-0.39, 0.29) is 28.8 Å². The van der Waals surface area contributed by atoms with Gasteiger partial charge in [-0.1, -0.05) is 6.07 Å². The predicted octanol–water partition coefficient (Wildman–Crippen LogP) is 1.49. The number of hydrazine groups is 1. The second-order valence-electron chi connectivity index (χ2n) is 4.54. The van der Waals surface area contributed by atoms with Gasteiger partial charge in [0, 0.05) is 23.9 Å². The Bertz CT molecular complexity index is 512. The molecule has 2 rings (SSSR count). The van der Waals surface area contributed by atoms with Crippen LogP contribution in [0.2, 0.25) is 0 Å². The maximum atomic E-state index is 12.6. The molecule has 1 saturated heterocycles. The molecule has 5 N–H and O–H groups in total. The van der Waals surface area contributed by atoms with Crippen molar-refractivity contribution >= 4 is 23.4 Å². The summed E-state index contributed by atoms with van der Waals surface area (Å²) in [5.41, 5.74) is 1.77. The minimum Gasteiger partial charge on any atom is -0.326 e. The smallest absolute Gasteiger partial charge is 0.326 e. The molecule has 2 atom stereocenters. The van der Waals surface area contributed by atoms with Crippen molar-refractivity contribution in [1.29, 1.82) is 0 Å². The van der Waals surface area contributed by atoms with E-state index in [1.54, 1.807) is 0 Å². The molecule has 9 heteroatoms. The molecule has 0 saturated carbocycles. The van der Waals surface area contributed by atoms with Gasteiger partial charge in [0.2, 0.25) is 5.91 Å². The number of rotatable bonds is 4. The molecular weight excluding hydrogens is 305 g/mol. The van der Waals surface area contributed by atoms with Gasteiger partial charge >= 0.3 is 6.18 Å². The van der Waals surface area contributed by atoms with E-state index < -0.39 is 11.7 Å². The van der Waals surface area contributed by atoms with Crippen molar-refractivity contribution in [3.63, 3.8) is 0 Å². The predicted molar refractivity (Wildman–Crippen MR) is 75.2 cm³/mol. The van der Waals surface area contributed by atoms with Crippen molar-refractivity contribution in [2.45, 2.75) is 23.3 Å². The molecule has 1 aliphatic heterocycles. The molecule has 1 aliphatic rings. The van der Waals surface area contributed by atoms with Crippen LogP contribution in [-0.2, 0) is 11.0 Å². The number of hydrogen-bond acceptors (Lipinski definition) is 5. The Kier molecular flexibility index (Phi) is 5.09. The number of carbonyl (C=O) groups excluding carboxylic acids is 1. The summed E-state index contributed by atoms with van der Waals surface area (Å²) in [5.74, 6) is 4.94. The molecule has 0 radical (unpaired) electrons. The lowest BCUT2D eigenvalue weighted by atomic mass is 10.2. The molecule has 0 bridgehead atoms. The fraction of sp³-hybridized carbons (Fsp3) is 0.417. The van der Waals surface area contributed by atoms with Gasteiger partial charge in [0.1, 0.15) is 5.50 Å². The van der Waals surface area contributed by atoms with Crippen molar-refractivity contribution < 1.29 is 18.0 Å². The molecule has 21 heavy (non-hydrogen) atoms. The number of benzene rings is 1. The van der Waals surface area contributed by atoms with Crippen LogP contribution in [0.25, 0.3) is 0 Å². The zero-order chi connectivity index (χ0) is 15.5. The van der Waals surface area contributed by atoms with Crippen LogP contribution >= 0.6 is 11.8 Å². The first-order chi connectivity index (χ1) is 9.88. The topological polar surface area (TPSA) is 79.2 Å². The molecule has 1 aromatic carbocycles. The molecule has 1 amide bonds. The lowest BCUT2D eigenvalue weighted by Gasteiger charge is -2.12. The standard InChI is InChI=1S/C12H15F3N4OS/c13-12(14,15)7-2-1-3-8(4-7)18-10(20)5-9-6-17-11(19-16)21-9/h1-4,9,11,17,19H,5-6,16H2,(H,18,20). The number of nitrogens with two attached hydrogens (primary N) is 1. The summed E-state index contributed by atoms with van der Waals surface area (Å²) in [6, 6.07) is 4.57. The number of carbonyl (C=O) groups is 1. The Balaban J connectivity index is 1.91. The van der Waals surface area contributed by atoms with Crippen LogP contribution in [-0.4, -0.2) is 23.2 Å². The van der Waals surface area contributed by atoms with Gasteiger partial charge in [-0.2, -0.15) is 13.2 Å². The summed E-state index contributed by atoms with van der Waals surface area (Å²) in [4.78, 5) is 11.8.